The molecule has 1 atom stereocenters. The Labute approximate surface area is 141 Å². The summed E-state index contributed by atoms with van der Waals surface area (Å²) in [5, 5.41) is 10.3. The van der Waals surface area contributed by atoms with Gasteiger partial charge in [0, 0.05) is 38.8 Å². The number of piperazine rings is 1. The molecule has 130 valence electrons. The van der Waals surface area contributed by atoms with Crippen LogP contribution in [-0.4, -0.2) is 66.4 Å². The van der Waals surface area contributed by atoms with E-state index in [0.717, 1.165) is 31.9 Å². The molecule has 0 saturated carbocycles. The van der Waals surface area contributed by atoms with Crippen LogP contribution in [0.25, 0.3) is 0 Å². The van der Waals surface area contributed by atoms with Gasteiger partial charge in [-0.2, -0.15) is 0 Å². The molecule has 0 amide bonds. The Morgan fingerprint density at radius 1 is 1.04 bits per heavy atom. The van der Waals surface area contributed by atoms with Gasteiger partial charge in [-0.1, -0.05) is 32.0 Å². The maximum atomic E-state index is 10.3. The third-order valence-corrected chi connectivity index (χ3v) is 4.58. The van der Waals surface area contributed by atoms with E-state index in [1.807, 2.05) is 18.2 Å². The number of hydrogen-bond acceptors (Lipinski definition) is 4. The van der Waals surface area contributed by atoms with Crippen LogP contribution in [0.5, 0.6) is 5.75 Å². The largest absolute Gasteiger partial charge is 0.491 e. The van der Waals surface area contributed by atoms with Gasteiger partial charge >= 0.3 is 0 Å². The van der Waals surface area contributed by atoms with E-state index >= 15 is 0 Å². The Balaban J connectivity index is 1.77. The van der Waals surface area contributed by atoms with E-state index < -0.39 is 6.10 Å². The van der Waals surface area contributed by atoms with Gasteiger partial charge in [0.15, 0.2) is 0 Å². The van der Waals surface area contributed by atoms with Crippen LogP contribution in [0.4, 0.5) is 0 Å². The molecule has 0 aliphatic carbocycles. The lowest BCUT2D eigenvalue weighted by Gasteiger charge is -2.37. The number of hydrogen-bond donors (Lipinski definition) is 1. The first-order valence-electron chi connectivity index (χ1n) is 8.83. The summed E-state index contributed by atoms with van der Waals surface area (Å²) in [5.74, 6) is 1.32. The number of benzene rings is 1. The van der Waals surface area contributed by atoms with Gasteiger partial charge in [-0.05, 0) is 31.4 Å². The standard InChI is InChI=1S/C19H32N2O2/c1-15(2)18-7-5-6-8-19(18)23-14-17(22)13-20-9-11-21(12-10-20)16(3)4/h5-8,15-17,22H,9-14H2,1-4H3. The van der Waals surface area contributed by atoms with Crippen LogP contribution in [0.1, 0.15) is 39.2 Å². The molecule has 1 heterocycles. The van der Waals surface area contributed by atoms with Crippen LogP contribution >= 0.6 is 0 Å². The van der Waals surface area contributed by atoms with Crippen LogP contribution in [0, 0.1) is 0 Å². The van der Waals surface area contributed by atoms with Crippen molar-refractivity contribution in [3.8, 4) is 5.75 Å². The molecule has 1 aromatic carbocycles. The zero-order valence-electron chi connectivity index (χ0n) is 15.0. The van der Waals surface area contributed by atoms with Gasteiger partial charge in [-0.3, -0.25) is 9.80 Å². The first kappa shape index (κ1) is 18.2. The molecule has 0 spiro atoms. The Morgan fingerprint density at radius 2 is 1.70 bits per heavy atom. The monoisotopic (exact) mass is 320 g/mol. The zero-order chi connectivity index (χ0) is 16.8. The van der Waals surface area contributed by atoms with Crippen LogP contribution in [0.3, 0.4) is 0 Å². The van der Waals surface area contributed by atoms with Crippen molar-refractivity contribution < 1.29 is 9.84 Å². The molecule has 1 aliphatic heterocycles. The average Bonchev–Trinajstić information content (AvgIpc) is 2.53. The smallest absolute Gasteiger partial charge is 0.122 e. The second-order valence-electron chi connectivity index (χ2n) is 7.09. The van der Waals surface area contributed by atoms with E-state index in [1.165, 1.54) is 5.56 Å². The first-order chi connectivity index (χ1) is 11.0. The van der Waals surface area contributed by atoms with Gasteiger partial charge in [0.05, 0.1) is 0 Å². The van der Waals surface area contributed by atoms with Gasteiger partial charge < -0.3 is 9.84 Å². The van der Waals surface area contributed by atoms with Crippen LogP contribution in [0.2, 0.25) is 0 Å². The molecule has 2 rings (SSSR count). The predicted molar refractivity (Wildman–Crippen MR) is 95.2 cm³/mol. The topological polar surface area (TPSA) is 35.9 Å². The molecule has 4 nitrogen and oxygen atoms in total. The van der Waals surface area contributed by atoms with E-state index in [1.54, 1.807) is 0 Å². The normalized spacial score (nSPS) is 18.6. The van der Waals surface area contributed by atoms with Crippen molar-refractivity contribution in [3.63, 3.8) is 0 Å². The number of para-hydroxylation sites is 1. The van der Waals surface area contributed by atoms with Gasteiger partial charge in [-0.15, -0.1) is 0 Å². The predicted octanol–water partition coefficient (Wildman–Crippen LogP) is 2.58. The molecule has 1 fully saturated rings. The van der Waals surface area contributed by atoms with Crippen molar-refractivity contribution in [3.05, 3.63) is 29.8 Å². The SMILES string of the molecule is CC(C)c1ccccc1OCC(O)CN1CCN(C(C)C)CC1. The van der Waals surface area contributed by atoms with E-state index in [2.05, 4.69) is 43.6 Å². The number of nitrogens with zero attached hydrogens (tertiary/aromatic N) is 2. The molecule has 1 saturated heterocycles. The second-order valence-corrected chi connectivity index (χ2v) is 7.09. The maximum absolute atomic E-state index is 10.3. The number of ether oxygens (including phenoxy) is 1. The number of β-amino-alcohol motifs (C(OH)–C–C–N with tert-alkyl or cyclic N) is 1. The van der Waals surface area contributed by atoms with Crippen LogP contribution in [0.15, 0.2) is 24.3 Å². The summed E-state index contributed by atoms with van der Waals surface area (Å²) in [6.45, 7) is 14.1. The van der Waals surface area contributed by atoms with Gasteiger partial charge in [0.2, 0.25) is 0 Å². The molecule has 1 unspecified atom stereocenters. The summed E-state index contributed by atoms with van der Waals surface area (Å²) in [7, 11) is 0. The molecule has 1 aromatic rings. The highest BCUT2D eigenvalue weighted by atomic mass is 16.5. The Kier molecular flexibility index (Phi) is 6.88. The van der Waals surface area contributed by atoms with Gasteiger partial charge in [-0.25, -0.2) is 0 Å². The minimum atomic E-state index is -0.444. The third-order valence-electron chi connectivity index (χ3n) is 4.58. The van der Waals surface area contributed by atoms with Gasteiger partial charge in [0.1, 0.15) is 18.5 Å². The molecule has 1 aliphatic rings. The van der Waals surface area contributed by atoms with Crippen LogP contribution < -0.4 is 4.74 Å². The zero-order valence-corrected chi connectivity index (χ0v) is 15.0. The maximum Gasteiger partial charge on any atom is 0.122 e. The van der Waals surface area contributed by atoms with Gasteiger partial charge in [0.25, 0.3) is 0 Å². The molecular formula is C19H32N2O2. The van der Waals surface area contributed by atoms with Crippen LogP contribution in [-0.2, 0) is 0 Å². The minimum absolute atomic E-state index is 0.355. The van der Waals surface area contributed by atoms with Crippen molar-refractivity contribution >= 4 is 0 Å². The first-order valence-corrected chi connectivity index (χ1v) is 8.83. The summed E-state index contributed by atoms with van der Waals surface area (Å²) >= 11 is 0. The molecule has 1 N–H and O–H groups in total. The molecule has 4 heteroatoms. The fourth-order valence-electron chi connectivity index (χ4n) is 3.09. The minimum Gasteiger partial charge on any atom is -0.491 e. The number of aliphatic hydroxyl groups excluding tert-OH is 1. The Bertz CT molecular complexity index is 468. The summed E-state index contributed by atoms with van der Waals surface area (Å²) < 4.78 is 5.87. The van der Waals surface area contributed by atoms with Crippen molar-refractivity contribution in [1.29, 1.82) is 0 Å². The molecule has 0 aromatic heterocycles. The third kappa shape index (κ3) is 5.48. The molecule has 23 heavy (non-hydrogen) atoms. The lowest BCUT2D eigenvalue weighted by atomic mass is 10.0. The number of rotatable bonds is 7. The Morgan fingerprint density at radius 3 is 2.30 bits per heavy atom. The van der Waals surface area contributed by atoms with Crippen molar-refractivity contribution in [1.82, 2.24) is 9.80 Å². The second kappa shape index (κ2) is 8.67. The fourth-order valence-corrected chi connectivity index (χ4v) is 3.09. The van der Waals surface area contributed by atoms with E-state index in [-0.39, 0.29) is 0 Å². The lowest BCUT2D eigenvalue weighted by molar-refractivity contribution is 0.0398. The summed E-state index contributed by atoms with van der Waals surface area (Å²) in [6, 6.07) is 8.71. The summed E-state index contributed by atoms with van der Waals surface area (Å²) in [6.07, 6.45) is -0.444. The highest BCUT2D eigenvalue weighted by molar-refractivity contribution is 5.35. The van der Waals surface area contributed by atoms with E-state index in [0.29, 0.717) is 25.1 Å². The summed E-state index contributed by atoms with van der Waals surface area (Å²) in [4.78, 5) is 4.82. The highest BCUT2D eigenvalue weighted by Crippen LogP contribution is 2.25. The Hall–Kier alpha value is -1.10. The highest BCUT2D eigenvalue weighted by Gasteiger charge is 2.21. The quantitative estimate of drug-likeness (QED) is 0.838. The van der Waals surface area contributed by atoms with Crippen molar-refractivity contribution in [2.45, 2.75) is 45.8 Å². The fraction of sp³-hybridized carbons (Fsp3) is 0.684. The lowest BCUT2D eigenvalue weighted by Crippen LogP contribution is -2.51. The van der Waals surface area contributed by atoms with E-state index in [4.69, 9.17) is 4.74 Å². The van der Waals surface area contributed by atoms with Crippen molar-refractivity contribution in [2.24, 2.45) is 0 Å². The van der Waals surface area contributed by atoms with E-state index in [9.17, 15) is 5.11 Å². The molecule has 0 radical (unpaired) electrons. The molecular weight excluding hydrogens is 288 g/mol. The molecule has 0 bridgehead atoms. The number of aliphatic hydroxyl groups is 1. The van der Waals surface area contributed by atoms with Crippen molar-refractivity contribution in [2.75, 3.05) is 39.3 Å². The summed E-state index contributed by atoms with van der Waals surface area (Å²) in [5.41, 5.74) is 1.20. The average molecular weight is 320 g/mol.